The smallest absolute Gasteiger partial charge is 0.223 e. The van der Waals surface area contributed by atoms with Crippen molar-refractivity contribution in [3.8, 4) is 11.5 Å². The van der Waals surface area contributed by atoms with Crippen molar-refractivity contribution in [2.45, 2.75) is 32.2 Å². The highest BCUT2D eigenvalue weighted by atomic mass is 16.5. The summed E-state index contributed by atoms with van der Waals surface area (Å²) in [6.07, 6.45) is 2.69. The summed E-state index contributed by atoms with van der Waals surface area (Å²) in [7, 11) is 0. The van der Waals surface area contributed by atoms with Crippen LogP contribution in [0, 0.1) is 5.92 Å². The van der Waals surface area contributed by atoms with Crippen LogP contribution in [0.2, 0.25) is 0 Å². The summed E-state index contributed by atoms with van der Waals surface area (Å²) in [6.45, 7) is 1.75. The van der Waals surface area contributed by atoms with Crippen LogP contribution in [0.1, 0.15) is 30.4 Å². The molecule has 0 aliphatic carbocycles. The molecular formula is C28H30N2O3. The molecule has 3 aromatic rings. The molecule has 0 atom stereocenters. The van der Waals surface area contributed by atoms with Crippen LogP contribution in [0.4, 0.5) is 0 Å². The number of aryl methyl sites for hydroxylation is 1. The van der Waals surface area contributed by atoms with Crippen molar-refractivity contribution in [2.75, 3.05) is 13.1 Å². The Morgan fingerprint density at radius 1 is 0.818 bits per heavy atom. The quantitative estimate of drug-likeness (QED) is 0.536. The molecule has 2 amide bonds. The average Bonchev–Trinajstić information content (AvgIpc) is 2.87. The summed E-state index contributed by atoms with van der Waals surface area (Å²) in [6, 6.07) is 27.5. The highest BCUT2D eigenvalue weighted by Gasteiger charge is 2.27. The number of para-hydroxylation sites is 1. The van der Waals surface area contributed by atoms with Crippen molar-refractivity contribution in [3.05, 3.63) is 96.1 Å². The lowest BCUT2D eigenvalue weighted by Crippen LogP contribution is -2.43. The fourth-order valence-electron chi connectivity index (χ4n) is 4.12. The third kappa shape index (κ3) is 6.69. The number of carbonyl (C=O) groups excluding carboxylic acids is 2. The van der Waals surface area contributed by atoms with Crippen molar-refractivity contribution in [3.63, 3.8) is 0 Å². The lowest BCUT2D eigenvalue weighted by molar-refractivity contribution is -0.135. The molecule has 0 aromatic heterocycles. The number of carbonyl (C=O) groups is 2. The summed E-state index contributed by atoms with van der Waals surface area (Å²) in [5.41, 5.74) is 2.17. The molecule has 0 radical (unpaired) electrons. The summed E-state index contributed by atoms with van der Waals surface area (Å²) in [5.74, 6) is 1.71. The molecule has 0 bridgehead atoms. The number of piperidine rings is 1. The van der Waals surface area contributed by atoms with Crippen LogP contribution in [-0.2, 0) is 22.6 Å². The molecule has 3 aromatic carbocycles. The number of hydrogen-bond donors (Lipinski definition) is 1. The predicted octanol–water partition coefficient (Wildman–Crippen LogP) is 4.97. The number of hydrogen-bond acceptors (Lipinski definition) is 3. The van der Waals surface area contributed by atoms with Gasteiger partial charge in [-0.05, 0) is 54.7 Å². The van der Waals surface area contributed by atoms with Crippen molar-refractivity contribution in [1.82, 2.24) is 10.2 Å². The predicted molar refractivity (Wildman–Crippen MR) is 129 cm³/mol. The van der Waals surface area contributed by atoms with E-state index in [-0.39, 0.29) is 17.7 Å². The normalized spacial score (nSPS) is 14.0. The van der Waals surface area contributed by atoms with E-state index in [0.717, 1.165) is 23.5 Å². The number of benzene rings is 3. The van der Waals surface area contributed by atoms with E-state index in [2.05, 4.69) is 5.32 Å². The first kappa shape index (κ1) is 22.6. The van der Waals surface area contributed by atoms with Crippen LogP contribution in [0.25, 0.3) is 0 Å². The topological polar surface area (TPSA) is 58.6 Å². The number of amides is 2. The third-order valence-electron chi connectivity index (χ3n) is 6.03. The van der Waals surface area contributed by atoms with Gasteiger partial charge in [0.05, 0.1) is 0 Å². The first-order chi connectivity index (χ1) is 16.2. The van der Waals surface area contributed by atoms with E-state index < -0.39 is 0 Å². The van der Waals surface area contributed by atoms with Crippen molar-refractivity contribution in [2.24, 2.45) is 5.92 Å². The molecule has 170 valence electrons. The minimum Gasteiger partial charge on any atom is -0.457 e. The molecule has 0 saturated carbocycles. The zero-order valence-corrected chi connectivity index (χ0v) is 18.8. The highest BCUT2D eigenvalue weighted by molar-refractivity contribution is 5.80. The molecule has 33 heavy (non-hydrogen) atoms. The van der Waals surface area contributed by atoms with Gasteiger partial charge in [0.1, 0.15) is 11.5 Å². The van der Waals surface area contributed by atoms with E-state index in [1.54, 1.807) is 0 Å². The van der Waals surface area contributed by atoms with E-state index in [0.29, 0.717) is 38.9 Å². The van der Waals surface area contributed by atoms with Gasteiger partial charge >= 0.3 is 0 Å². The van der Waals surface area contributed by atoms with Crippen LogP contribution in [0.5, 0.6) is 11.5 Å². The first-order valence-corrected chi connectivity index (χ1v) is 11.6. The molecule has 1 heterocycles. The van der Waals surface area contributed by atoms with Gasteiger partial charge in [0.15, 0.2) is 0 Å². The fraction of sp³-hybridized carbons (Fsp3) is 0.286. The minimum absolute atomic E-state index is 0.0491. The Kier molecular flexibility index (Phi) is 7.75. The second kappa shape index (κ2) is 11.3. The zero-order chi connectivity index (χ0) is 22.9. The molecule has 0 spiro atoms. The first-order valence-electron chi connectivity index (χ1n) is 11.6. The Morgan fingerprint density at radius 3 is 2.18 bits per heavy atom. The molecule has 5 heteroatoms. The highest BCUT2D eigenvalue weighted by Crippen LogP contribution is 2.22. The maximum Gasteiger partial charge on any atom is 0.223 e. The molecule has 1 aliphatic heterocycles. The van der Waals surface area contributed by atoms with Crippen molar-refractivity contribution >= 4 is 11.8 Å². The molecule has 1 aliphatic rings. The van der Waals surface area contributed by atoms with Gasteiger partial charge < -0.3 is 15.0 Å². The van der Waals surface area contributed by atoms with E-state index in [1.807, 2.05) is 89.8 Å². The molecule has 0 unspecified atom stereocenters. The van der Waals surface area contributed by atoms with Crippen molar-refractivity contribution < 1.29 is 14.3 Å². The van der Waals surface area contributed by atoms with Crippen LogP contribution in [-0.4, -0.2) is 29.8 Å². The summed E-state index contributed by atoms with van der Waals surface area (Å²) in [4.78, 5) is 27.1. The largest absolute Gasteiger partial charge is 0.457 e. The Hall–Kier alpha value is -3.60. The molecule has 1 fully saturated rings. The van der Waals surface area contributed by atoms with Gasteiger partial charge in [-0.3, -0.25) is 9.59 Å². The number of nitrogens with one attached hydrogen (secondary N) is 1. The fourth-order valence-corrected chi connectivity index (χ4v) is 4.12. The lowest BCUT2D eigenvalue weighted by Gasteiger charge is -2.31. The van der Waals surface area contributed by atoms with Crippen molar-refractivity contribution in [1.29, 1.82) is 0 Å². The minimum atomic E-state index is -0.0491. The van der Waals surface area contributed by atoms with Gasteiger partial charge in [0.2, 0.25) is 11.8 Å². The molecule has 1 N–H and O–H groups in total. The Morgan fingerprint density at radius 2 is 1.45 bits per heavy atom. The third-order valence-corrected chi connectivity index (χ3v) is 6.03. The second-order valence-electron chi connectivity index (χ2n) is 8.42. The number of nitrogens with zero attached hydrogens (tertiary/aromatic N) is 1. The standard InChI is InChI=1S/C28H30N2O3/c31-27(15-14-22-8-3-1-4-9-22)30-18-16-24(17-19-30)28(32)29-21-23-10-7-13-26(20-23)33-25-11-5-2-6-12-25/h1-13,20,24H,14-19,21H2,(H,29,32). The SMILES string of the molecule is O=C(NCc1cccc(Oc2ccccc2)c1)C1CCN(C(=O)CCc2ccccc2)CC1. The number of ether oxygens (including phenoxy) is 1. The average molecular weight is 443 g/mol. The number of likely N-dealkylation sites (tertiary alicyclic amines) is 1. The zero-order valence-electron chi connectivity index (χ0n) is 18.8. The molecule has 5 nitrogen and oxygen atoms in total. The maximum atomic E-state index is 12.7. The Labute approximate surface area is 195 Å². The van der Waals surface area contributed by atoms with E-state index in [1.165, 1.54) is 5.56 Å². The molecule has 4 rings (SSSR count). The van der Waals surface area contributed by atoms with Crippen LogP contribution >= 0.6 is 0 Å². The van der Waals surface area contributed by atoms with Gasteiger partial charge in [-0.15, -0.1) is 0 Å². The van der Waals surface area contributed by atoms with E-state index >= 15 is 0 Å². The van der Waals surface area contributed by atoms with Crippen LogP contribution < -0.4 is 10.1 Å². The van der Waals surface area contributed by atoms with E-state index in [4.69, 9.17) is 4.74 Å². The molecule has 1 saturated heterocycles. The maximum absolute atomic E-state index is 12.7. The molecular weight excluding hydrogens is 412 g/mol. The second-order valence-corrected chi connectivity index (χ2v) is 8.42. The summed E-state index contributed by atoms with van der Waals surface area (Å²) < 4.78 is 5.87. The summed E-state index contributed by atoms with van der Waals surface area (Å²) in [5, 5.41) is 3.05. The van der Waals surface area contributed by atoms with Gasteiger partial charge in [-0.2, -0.15) is 0 Å². The van der Waals surface area contributed by atoms with E-state index in [9.17, 15) is 9.59 Å². The monoisotopic (exact) mass is 442 g/mol. The lowest BCUT2D eigenvalue weighted by atomic mass is 9.95. The Bertz CT molecular complexity index is 1050. The van der Waals surface area contributed by atoms with Gasteiger partial charge in [-0.1, -0.05) is 60.7 Å². The van der Waals surface area contributed by atoms with Gasteiger partial charge in [-0.25, -0.2) is 0 Å². The van der Waals surface area contributed by atoms with Crippen LogP contribution in [0.15, 0.2) is 84.9 Å². The Balaban J connectivity index is 1.20. The number of rotatable bonds is 8. The summed E-state index contributed by atoms with van der Waals surface area (Å²) >= 11 is 0. The van der Waals surface area contributed by atoms with Crippen LogP contribution in [0.3, 0.4) is 0 Å². The van der Waals surface area contributed by atoms with Gasteiger partial charge in [0.25, 0.3) is 0 Å². The van der Waals surface area contributed by atoms with Gasteiger partial charge in [0, 0.05) is 32.0 Å².